The average molecular weight is 532 g/mol. The summed E-state index contributed by atoms with van der Waals surface area (Å²) in [5, 5.41) is 8.94. The van der Waals surface area contributed by atoms with E-state index >= 15 is 0 Å². The summed E-state index contributed by atoms with van der Waals surface area (Å²) in [7, 11) is 0. The summed E-state index contributed by atoms with van der Waals surface area (Å²) in [6.07, 6.45) is 5.30. The number of hydrogen-bond acceptors (Lipinski definition) is 4. The first-order valence-corrected chi connectivity index (χ1v) is 13.7. The number of carbonyl (C=O) groups excluding carboxylic acids is 1. The normalized spacial score (nSPS) is 13.8. The molecule has 0 spiro atoms. The van der Waals surface area contributed by atoms with E-state index in [0.29, 0.717) is 17.1 Å². The smallest absolute Gasteiger partial charge is 0.323 e. The van der Waals surface area contributed by atoms with Crippen LogP contribution in [0.2, 0.25) is 0 Å². The van der Waals surface area contributed by atoms with Crippen LogP contribution in [0.1, 0.15) is 73.3 Å². The van der Waals surface area contributed by atoms with Gasteiger partial charge in [-0.1, -0.05) is 58.2 Å². The minimum atomic E-state index is -0.318. The number of nitrogens with one attached hydrogen (secondary N) is 3. The molecule has 0 aromatic heterocycles. The van der Waals surface area contributed by atoms with Gasteiger partial charge in [-0.25, -0.2) is 4.79 Å². The summed E-state index contributed by atoms with van der Waals surface area (Å²) in [6, 6.07) is 17.0. The number of nitrogen functional groups attached to an aromatic ring is 1. The van der Waals surface area contributed by atoms with Crippen molar-refractivity contribution in [3.8, 4) is 12.0 Å². The second-order valence-corrected chi connectivity index (χ2v) is 8.44. The zero-order valence-electron chi connectivity index (χ0n) is 24.6. The Labute approximate surface area is 235 Å². The van der Waals surface area contributed by atoms with Crippen LogP contribution in [0.4, 0.5) is 21.9 Å². The lowest BCUT2D eigenvalue weighted by atomic mass is 10.1. The summed E-state index contributed by atoms with van der Waals surface area (Å²) < 4.78 is 5.13. The molecule has 0 atom stereocenters. The lowest BCUT2D eigenvalue weighted by Crippen LogP contribution is -2.19. The van der Waals surface area contributed by atoms with Gasteiger partial charge in [0.2, 0.25) is 0 Å². The Bertz CT molecular complexity index is 1160. The first-order chi connectivity index (χ1) is 18.9. The van der Waals surface area contributed by atoms with Gasteiger partial charge in [-0.2, -0.15) is 4.99 Å². The summed E-state index contributed by atoms with van der Waals surface area (Å²) in [5.74, 6) is 3.56. The van der Waals surface area contributed by atoms with Crippen molar-refractivity contribution in [3.05, 3.63) is 71.3 Å². The van der Waals surface area contributed by atoms with Crippen LogP contribution in [0.25, 0.3) is 5.70 Å². The highest BCUT2D eigenvalue weighted by Gasteiger charge is 2.19. The fourth-order valence-electron chi connectivity index (χ4n) is 3.30. The molecule has 0 saturated carbocycles. The molecule has 1 aliphatic heterocycles. The van der Waals surface area contributed by atoms with Crippen LogP contribution in [0.15, 0.2) is 70.7 Å². The molecule has 2 amide bonds. The number of nitrogens with zero attached hydrogens (tertiary/aromatic N) is 1. The number of benzene rings is 2. The van der Waals surface area contributed by atoms with Gasteiger partial charge >= 0.3 is 6.03 Å². The number of ether oxygens (including phenoxy) is 1. The van der Waals surface area contributed by atoms with Gasteiger partial charge < -0.3 is 26.4 Å². The Morgan fingerprint density at radius 1 is 0.949 bits per heavy atom. The predicted octanol–water partition coefficient (Wildman–Crippen LogP) is 7.81. The molecule has 1 aliphatic rings. The topological polar surface area (TPSA) is 101 Å². The highest BCUT2D eigenvalue weighted by molar-refractivity contribution is 6.12. The summed E-state index contributed by atoms with van der Waals surface area (Å²) >= 11 is 0. The molecular weight excluding hydrogens is 486 g/mol. The van der Waals surface area contributed by atoms with Crippen LogP contribution in [-0.4, -0.2) is 25.1 Å². The average Bonchev–Trinajstić information content (AvgIpc) is 3.39. The second-order valence-electron chi connectivity index (χ2n) is 8.44. The van der Waals surface area contributed by atoms with E-state index in [2.05, 4.69) is 66.7 Å². The molecule has 0 saturated heterocycles. The molecular formula is C32H45N5O2. The summed E-state index contributed by atoms with van der Waals surface area (Å²) in [6.45, 7) is 16.1. The van der Waals surface area contributed by atoms with Crippen molar-refractivity contribution in [2.45, 2.75) is 67.7 Å². The van der Waals surface area contributed by atoms with Gasteiger partial charge in [-0.05, 0) is 81.1 Å². The zero-order chi connectivity index (χ0) is 29.0. The fraction of sp³-hybridized carbons (Fsp3) is 0.375. The molecule has 0 aliphatic carbocycles. The molecule has 0 radical (unpaired) electrons. The molecule has 2 aromatic carbocycles. The van der Waals surface area contributed by atoms with Crippen molar-refractivity contribution >= 4 is 34.6 Å². The van der Waals surface area contributed by atoms with E-state index in [4.69, 9.17) is 10.5 Å². The van der Waals surface area contributed by atoms with Crippen molar-refractivity contribution in [2.75, 3.05) is 29.6 Å². The minimum Gasteiger partial charge on any atom is -0.399 e. The maximum Gasteiger partial charge on any atom is 0.323 e. The lowest BCUT2D eigenvalue weighted by molar-refractivity contribution is 0.135. The number of amidine groups is 1. The van der Waals surface area contributed by atoms with Gasteiger partial charge in [0.05, 0.1) is 0 Å². The summed E-state index contributed by atoms with van der Waals surface area (Å²) in [4.78, 5) is 16.5. The molecule has 210 valence electrons. The standard InChI is InChI=1S/C24H25N5O.C6H14O.C2H6/c1-4-14-26-23-21(16(3)5-2)15-22(29-23)17-6-10-19(11-7-17)27-24(30)28-20-12-8-18(25)9-13-20;1-3-5-7-6-4-2;1-2/h6-13,15H,5,25H2,1-3H3,(H,26,29)(H2,27,28,30);3-6H2,1-2H3;1-2H3/b21-16+;;. The fourth-order valence-corrected chi connectivity index (χ4v) is 3.30. The number of urea groups is 1. The molecule has 3 rings (SSSR count). The number of allylic oxidation sites excluding steroid dienone is 1. The quantitative estimate of drug-likeness (QED) is 0.158. The highest BCUT2D eigenvalue weighted by Crippen LogP contribution is 2.25. The highest BCUT2D eigenvalue weighted by atomic mass is 16.5. The van der Waals surface area contributed by atoms with Gasteiger partial charge in [-0.15, -0.1) is 0 Å². The predicted molar refractivity (Wildman–Crippen MR) is 168 cm³/mol. The molecule has 2 aromatic rings. The molecule has 5 N–H and O–H groups in total. The Balaban J connectivity index is 0.000000735. The van der Waals surface area contributed by atoms with Gasteiger partial charge in [0.1, 0.15) is 5.84 Å². The van der Waals surface area contributed by atoms with Gasteiger partial charge in [0.25, 0.3) is 0 Å². The second kappa shape index (κ2) is 19.1. The third-order valence-electron chi connectivity index (χ3n) is 5.39. The Kier molecular flexibility index (Phi) is 16.2. The van der Waals surface area contributed by atoms with Crippen LogP contribution >= 0.6 is 0 Å². The van der Waals surface area contributed by atoms with E-state index in [-0.39, 0.29) is 6.03 Å². The monoisotopic (exact) mass is 531 g/mol. The number of amides is 2. The molecule has 0 fully saturated rings. The van der Waals surface area contributed by atoms with Crippen LogP contribution in [0.5, 0.6) is 0 Å². The van der Waals surface area contributed by atoms with Crippen LogP contribution < -0.4 is 21.7 Å². The van der Waals surface area contributed by atoms with Crippen LogP contribution in [-0.2, 0) is 4.74 Å². The molecule has 7 heteroatoms. The zero-order valence-corrected chi connectivity index (χ0v) is 24.6. The van der Waals surface area contributed by atoms with Crippen molar-refractivity contribution in [1.82, 2.24) is 5.32 Å². The Morgan fingerprint density at radius 2 is 1.49 bits per heavy atom. The van der Waals surface area contributed by atoms with Crippen molar-refractivity contribution in [3.63, 3.8) is 0 Å². The van der Waals surface area contributed by atoms with Gasteiger partial charge in [0, 0.05) is 47.6 Å². The van der Waals surface area contributed by atoms with Crippen molar-refractivity contribution in [2.24, 2.45) is 4.99 Å². The number of aliphatic imine (C=N–C) groups is 1. The lowest BCUT2D eigenvalue weighted by Gasteiger charge is -2.09. The minimum absolute atomic E-state index is 0.318. The first-order valence-electron chi connectivity index (χ1n) is 13.7. The van der Waals surface area contributed by atoms with E-state index in [1.807, 2.05) is 38.1 Å². The number of nitrogens with two attached hydrogens (primary N) is 1. The maximum atomic E-state index is 12.2. The Hall–Kier alpha value is -4.02. The van der Waals surface area contributed by atoms with Crippen LogP contribution in [0.3, 0.4) is 0 Å². The maximum absolute atomic E-state index is 12.2. The number of carbonyl (C=O) groups is 1. The van der Waals surface area contributed by atoms with Gasteiger partial charge in [0.15, 0.2) is 0 Å². The van der Waals surface area contributed by atoms with E-state index in [1.54, 1.807) is 31.2 Å². The third kappa shape index (κ3) is 11.9. The molecule has 0 bridgehead atoms. The number of anilines is 3. The van der Waals surface area contributed by atoms with E-state index in [1.165, 1.54) is 5.57 Å². The third-order valence-corrected chi connectivity index (χ3v) is 5.39. The number of rotatable bonds is 8. The number of hydrogen-bond donors (Lipinski definition) is 4. The van der Waals surface area contributed by atoms with E-state index in [0.717, 1.165) is 55.1 Å². The SMILES string of the molecule is CC.CC#CN=C1NC(c2ccc(NC(=O)Nc3ccc(N)cc3)cc2)=C/C1=C(/C)CC.CCCOCCC. The largest absolute Gasteiger partial charge is 0.399 e. The first kappa shape index (κ1) is 33.0. The van der Waals surface area contributed by atoms with Crippen LogP contribution in [0, 0.1) is 12.0 Å². The molecule has 1 heterocycles. The van der Waals surface area contributed by atoms with Crippen molar-refractivity contribution < 1.29 is 9.53 Å². The van der Waals surface area contributed by atoms with Gasteiger partial charge in [-0.3, -0.25) is 0 Å². The van der Waals surface area contributed by atoms with Crippen molar-refractivity contribution in [1.29, 1.82) is 0 Å². The van der Waals surface area contributed by atoms with E-state index < -0.39 is 0 Å². The molecule has 0 unspecified atom stereocenters. The molecule has 7 nitrogen and oxygen atoms in total. The summed E-state index contributed by atoms with van der Waals surface area (Å²) in [5.41, 5.74) is 11.9. The Morgan fingerprint density at radius 3 is 1.97 bits per heavy atom. The van der Waals surface area contributed by atoms with E-state index in [9.17, 15) is 4.79 Å². The molecule has 39 heavy (non-hydrogen) atoms.